The summed E-state index contributed by atoms with van der Waals surface area (Å²) in [4.78, 5) is 12.2. The summed E-state index contributed by atoms with van der Waals surface area (Å²) in [5.41, 5.74) is 8.20. The largest absolute Gasteiger partial charge is 0.396 e. The van der Waals surface area contributed by atoms with E-state index < -0.39 is 0 Å². The van der Waals surface area contributed by atoms with Crippen LogP contribution in [0.3, 0.4) is 0 Å². The van der Waals surface area contributed by atoms with Crippen molar-refractivity contribution in [3.63, 3.8) is 0 Å². The molecule has 0 unspecified atom stereocenters. The molecule has 0 aromatic carbocycles. The Morgan fingerprint density at radius 2 is 2.38 bits per heavy atom. The molecule has 2 aromatic rings. The van der Waals surface area contributed by atoms with Crippen LogP contribution in [0.5, 0.6) is 0 Å². The van der Waals surface area contributed by atoms with Gasteiger partial charge in [-0.2, -0.15) is 0 Å². The third kappa shape index (κ3) is 1.35. The summed E-state index contributed by atoms with van der Waals surface area (Å²) in [6.07, 6.45) is 5.97. The first kappa shape index (κ1) is 9.29. The molecule has 1 aliphatic carbocycles. The molecular weight excluding hydrogens is 206 g/mol. The zero-order chi connectivity index (χ0) is 11.1. The quantitative estimate of drug-likeness (QED) is 0.753. The highest BCUT2D eigenvalue weighted by Gasteiger charge is 2.28. The average Bonchev–Trinajstić information content (AvgIpc) is 2.91. The van der Waals surface area contributed by atoms with Gasteiger partial charge in [0.1, 0.15) is 12.7 Å². The maximum atomic E-state index is 8.95. The normalized spacial score (nSPS) is 21.8. The highest BCUT2D eigenvalue weighted by Crippen LogP contribution is 2.37. The highest BCUT2D eigenvalue weighted by atomic mass is 16.3. The van der Waals surface area contributed by atoms with E-state index in [1.165, 1.54) is 11.9 Å². The number of hydrogen-bond donors (Lipinski definition) is 2. The SMILES string of the molecule is Nc1ncnc2c1ncn2/C=C1/C[C@@H]1CO. The second-order valence-corrected chi connectivity index (χ2v) is 3.87. The van der Waals surface area contributed by atoms with Crippen molar-refractivity contribution in [1.82, 2.24) is 19.5 Å². The third-order valence-corrected chi connectivity index (χ3v) is 2.76. The second-order valence-electron chi connectivity index (χ2n) is 3.87. The molecule has 1 atom stereocenters. The lowest BCUT2D eigenvalue weighted by atomic mass is 10.4. The van der Waals surface area contributed by atoms with Crippen LogP contribution in [0.25, 0.3) is 17.4 Å². The molecule has 0 saturated heterocycles. The molecule has 16 heavy (non-hydrogen) atoms. The number of imidazole rings is 1. The zero-order valence-electron chi connectivity index (χ0n) is 8.54. The van der Waals surface area contributed by atoms with Gasteiger partial charge < -0.3 is 10.8 Å². The molecule has 1 aliphatic rings. The first-order valence-corrected chi connectivity index (χ1v) is 5.04. The van der Waals surface area contributed by atoms with Gasteiger partial charge in [-0.05, 0) is 12.0 Å². The van der Waals surface area contributed by atoms with Crippen LogP contribution in [0.2, 0.25) is 0 Å². The summed E-state index contributed by atoms with van der Waals surface area (Å²) in [5.74, 6) is 0.688. The molecule has 2 aromatic heterocycles. The predicted octanol–water partition coefficient (Wildman–Crippen LogP) is 0.262. The van der Waals surface area contributed by atoms with Crippen molar-refractivity contribution < 1.29 is 5.11 Å². The summed E-state index contributed by atoms with van der Waals surface area (Å²) in [6.45, 7) is 0.204. The average molecular weight is 217 g/mol. The molecule has 82 valence electrons. The topological polar surface area (TPSA) is 89.9 Å². The molecule has 0 amide bonds. The molecule has 6 nitrogen and oxygen atoms in total. The minimum Gasteiger partial charge on any atom is -0.396 e. The van der Waals surface area contributed by atoms with E-state index in [1.54, 1.807) is 6.33 Å². The Balaban J connectivity index is 2.06. The van der Waals surface area contributed by atoms with Crippen LogP contribution < -0.4 is 5.73 Å². The Hall–Kier alpha value is -1.95. The number of fused-ring (bicyclic) bond motifs is 1. The fraction of sp³-hybridized carbons (Fsp3) is 0.300. The number of nitrogens with zero attached hydrogens (tertiary/aromatic N) is 4. The predicted molar refractivity (Wildman–Crippen MR) is 59.2 cm³/mol. The van der Waals surface area contributed by atoms with Crippen LogP contribution in [0.1, 0.15) is 6.42 Å². The fourth-order valence-electron chi connectivity index (χ4n) is 1.71. The first-order chi connectivity index (χ1) is 7.79. The van der Waals surface area contributed by atoms with E-state index in [9.17, 15) is 0 Å². The van der Waals surface area contributed by atoms with Crippen molar-refractivity contribution in [2.24, 2.45) is 5.92 Å². The van der Waals surface area contributed by atoms with Crippen molar-refractivity contribution in [3.8, 4) is 0 Å². The highest BCUT2D eigenvalue weighted by molar-refractivity contribution is 5.82. The Labute approximate surface area is 91.5 Å². The zero-order valence-corrected chi connectivity index (χ0v) is 8.54. The minimum absolute atomic E-state index is 0.204. The third-order valence-electron chi connectivity index (χ3n) is 2.76. The van der Waals surface area contributed by atoms with E-state index in [1.807, 2.05) is 10.8 Å². The van der Waals surface area contributed by atoms with Crippen LogP contribution in [-0.2, 0) is 0 Å². The molecule has 2 heterocycles. The van der Waals surface area contributed by atoms with Gasteiger partial charge in [0.2, 0.25) is 0 Å². The number of aromatic nitrogens is 4. The molecule has 3 N–H and O–H groups in total. The lowest BCUT2D eigenvalue weighted by Crippen LogP contribution is -1.94. The van der Waals surface area contributed by atoms with Gasteiger partial charge >= 0.3 is 0 Å². The lowest BCUT2D eigenvalue weighted by molar-refractivity contribution is 0.281. The molecule has 3 rings (SSSR count). The van der Waals surface area contributed by atoms with Gasteiger partial charge in [-0.25, -0.2) is 15.0 Å². The number of aliphatic hydroxyl groups is 1. The van der Waals surface area contributed by atoms with Gasteiger partial charge in [-0.15, -0.1) is 0 Å². The van der Waals surface area contributed by atoms with E-state index in [2.05, 4.69) is 15.0 Å². The van der Waals surface area contributed by atoms with E-state index in [-0.39, 0.29) is 6.61 Å². The van der Waals surface area contributed by atoms with Gasteiger partial charge in [-0.1, -0.05) is 0 Å². The van der Waals surface area contributed by atoms with Crippen molar-refractivity contribution in [1.29, 1.82) is 0 Å². The number of nitrogen functional groups attached to an aromatic ring is 1. The van der Waals surface area contributed by atoms with Crippen LogP contribution in [0.4, 0.5) is 5.82 Å². The summed E-state index contributed by atoms with van der Waals surface area (Å²) in [7, 11) is 0. The molecule has 1 fully saturated rings. The second kappa shape index (κ2) is 3.28. The standard InChI is InChI=1S/C10H11N5O/c11-9-8-10(13-4-12-9)15(5-14-8)2-6-1-7(6)3-16/h2,4-5,7,16H,1,3H2,(H2,11,12,13)/b6-2-/t7-/m1/s1. The summed E-state index contributed by atoms with van der Waals surface area (Å²) < 4.78 is 1.82. The molecule has 0 spiro atoms. The van der Waals surface area contributed by atoms with Gasteiger partial charge in [0.15, 0.2) is 17.0 Å². The maximum Gasteiger partial charge on any atom is 0.169 e. The molecule has 0 aliphatic heterocycles. The first-order valence-electron chi connectivity index (χ1n) is 5.04. The Kier molecular flexibility index (Phi) is 1.90. The molecule has 0 bridgehead atoms. The van der Waals surface area contributed by atoms with Crippen LogP contribution >= 0.6 is 0 Å². The number of rotatable bonds is 2. The monoisotopic (exact) mass is 217 g/mol. The maximum absolute atomic E-state index is 8.95. The summed E-state index contributed by atoms with van der Waals surface area (Å²) in [6, 6.07) is 0. The van der Waals surface area contributed by atoms with Crippen LogP contribution in [0.15, 0.2) is 18.2 Å². The minimum atomic E-state index is 0.204. The number of anilines is 1. The van der Waals surface area contributed by atoms with E-state index in [4.69, 9.17) is 10.8 Å². The van der Waals surface area contributed by atoms with Gasteiger partial charge in [0.25, 0.3) is 0 Å². The van der Waals surface area contributed by atoms with Gasteiger partial charge in [-0.3, -0.25) is 4.57 Å². The Bertz CT molecular complexity index is 574. The smallest absolute Gasteiger partial charge is 0.169 e. The van der Waals surface area contributed by atoms with Crippen molar-refractivity contribution in [2.45, 2.75) is 6.42 Å². The van der Waals surface area contributed by atoms with Crippen molar-refractivity contribution >= 4 is 23.2 Å². The number of aliphatic hydroxyl groups excluding tert-OH is 1. The van der Waals surface area contributed by atoms with E-state index in [0.717, 1.165) is 6.42 Å². The Morgan fingerprint density at radius 1 is 1.50 bits per heavy atom. The van der Waals surface area contributed by atoms with Crippen molar-refractivity contribution in [2.75, 3.05) is 12.3 Å². The molecule has 0 radical (unpaired) electrons. The van der Waals surface area contributed by atoms with E-state index >= 15 is 0 Å². The van der Waals surface area contributed by atoms with Crippen LogP contribution in [-0.4, -0.2) is 31.2 Å². The number of hydrogen-bond acceptors (Lipinski definition) is 5. The summed E-state index contributed by atoms with van der Waals surface area (Å²) in [5, 5.41) is 8.95. The number of nitrogens with two attached hydrogens (primary N) is 1. The molecular formula is C10H11N5O. The Morgan fingerprint density at radius 3 is 3.12 bits per heavy atom. The van der Waals surface area contributed by atoms with Crippen molar-refractivity contribution in [3.05, 3.63) is 18.2 Å². The van der Waals surface area contributed by atoms with Gasteiger partial charge in [0.05, 0.1) is 0 Å². The van der Waals surface area contributed by atoms with Gasteiger partial charge in [0, 0.05) is 18.7 Å². The van der Waals surface area contributed by atoms with E-state index in [0.29, 0.717) is 22.9 Å². The lowest BCUT2D eigenvalue weighted by Gasteiger charge is -1.95. The molecule has 1 saturated carbocycles. The summed E-state index contributed by atoms with van der Waals surface area (Å²) >= 11 is 0. The van der Waals surface area contributed by atoms with Crippen LogP contribution in [0, 0.1) is 5.92 Å². The fourth-order valence-corrected chi connectivity index (χ4v) is 1.71. The molecule has 6 heteroatoms.